The number of rotatable bonds is 9. The molecule has 12 rings (SSSR count). The van der Waals surface area contributed by atoms with Gasteiger partial charge in [0.25, 0.3) is 0 Å². The number of fused-ring (bicyclic) bond motifs is 6. The van der Waals surface area contributed by atoms with E-state index in [0.717, 1.165) is 55.6 Å². The van der Waals surface area contributed by atoms with Crippen molar-refractivity contribution in [2.24, 2.45) is 0 Å². The van der Waals surface area contributed by atoms with Crippen LogP contribution in [-0.4, -0.2) is 0 Å². The van der Waals surface area contributed by atoms with E-state index in [1.807, 2.05) is 18.2 Å². The van der Waals surface area contributed by atoms with Crippen molar-refractivity contribution in [2.75, 3.05) is 0 Å². The van der Waals surface area contributed by atoms with Crippen molar-refractivity contribution >= 4 is 0 Å². The molecule has 0 spiro atoms. The van der Waals surface area contributed by atoms with Crippen LogP contribution in [0.25, 0.3) is 55.6 Å². The van der Waals surface area contributed by atoms with Gasteiger partial charge in [0, 0.05) is 11.3 Å². The first-order valence-electron chi connectivity index (χ1n) is 23.6. The molecule has 2 aliphatic carbocycles. The average Bonchev–Trinajstić information content (AvgIpc) is 3.80. The Morgan fingerprint density at radius 3 is 1.47 bits per heavy atom. The first-order valence-corrected chi connectivity index (χ1v) is 23.6. The van der Waals surface area contributed by atoms with Crippen LogP contribution in [0, 0.1) is 11.6 Å². The molecular weight excluding hydrogens is 831 g/mol. The zero-order valence-corrected chi connectivity index (χ0v) is 38.1. The third kappa shape index (κ3) is 6.86. The summed E-state index contributed by atoms with van der Waals surface area (Å²) in [5, 5.41) is 0. The maximum absolute atomic E-state index is 15.7. The van der Waals surface area contributed by atoms with Crippen LogP contribution in [0.4, 0.5) is 8.78 Å². The Morgan fingerprint density at radius 1 is 0.338 bits per heavy atom. The fraction of sp³-hybridized carbons (Fsp3) is 0.0909. The zero-order valence-electron chi connectivity index (χ0n) is 38.1. The highest BCUT2D eigenvalue weighted by molar-refractivity contribution is 5.89. The molecule has 0 radical (unpaired) electrons. The van der Waals surface area contributed by atoms with E-state index in [0.29, 0.717) is 6.42 Å². The van der Waals surface area contributed by atoms with Gasteiger partial charge in [0.15, 0.2) is 0 Å². The SMILES string of the molecule is CC1(C)c2ccccc2-c2ccc(C(Cc3ccc4c(c3)C(c3cccc(F)c3)(c3cccc(F)c3)c3ccc(-c5ccc(-c6ccccc6)cc5)cc3-4)c3ccc(-c4ccccc4)cc3)cc21. The molecule has 0 saturated heterocycles. The lowest BCUT2D eigenvalue weighted by atomic mass is 9.67. The predicted molar refractivity (Wildman–Crippen MR) is 276 cm³/mol. The minimum absolute atomic E-state index is 0.00895. The van der Waals surface area contributed by atoms with Crippen LogP contribution in [0.2, 0.25) is 0 Å². The molecule has 68 heavy (non-hydrogen) atoms. The molecule has 0 bridgehead atoms. The average molecular weight is 879 g/mol. The number of halogens is 2. The molecular formula is C66H48F2. The molecule has 0 N–H and O–H groups in total. The van der Waals surface area contributed by atoms with Gasteiger partial charge in [-0.15, -0.1) is 0 Å². The highest BCUT2D eigenvalue weighted by Gasteiger charge is 2.47. The first kappa shape index (κ1) is 41.5. The van der Waals surface area contributed by atoms with E-state index in [9.17, 15) is 0 Å². The summed E-state index contributed by atoms with van der Waals surface area (Å²) < 4.78 is 31.4. The summed E-state index contributed by atoms with van der Waals surface area (Å²) in [5.74, 6) is -0.657. The second-order valence-electron chi connectivity index (χ2n) is 19.1. The molecule has 0 aliphatic heterocycles. The molecule has 0 aromatic heterocycles. The topological polar surface area (TPSA) is 0 Å². The van der Waals surface area contributed by atoms with E-state index in [4.69, 9.17) is 0 Å². The van der Waals surface area contributed by atoms with Crippen LogP contribution in [-0.2, 0) is 17.3 Å². The van der Waals surface area contributed by atoms with Gasteiger partial charge in [0.2, 0.25) is 0 Å². The second-order valence-corrected chi connectivity index (χ2v) is 19.1. The first-order chi connectivity index (χ1) is 33.3. The second kappa shape index (κ2) is 16.4. The number of hydrogen-bond acceptors (Lipinski definition) is 0. The van der Waals surface area contributed by atoms with Gasteiger partial charge < -0.3 is 0 Å². The van der Waals surface area contributed by atoms with Gasteiger partial charge in [-0.25, -0.2) is 8.78 Å². The largest absolute Gasteiger partial charge is 0.207 e. The van der Waals surface area contributed by atoms with Gasteiger partial charge >= 0.3 is 0 Å². The summed E-state index contributed by atoms with van der Waals surface area (Å²) in [6.07, 6.45) is 0.710. The van der Waals surface area contributed by atoms with Gasteiger partial charge in [-0.1, -0.05) is 220 Å². The molecule has 0 heterocycles. The molecule has 10 aromatic rings. The molecule has 1 unspecified atom stereocenters. The van der Waals surface area contributed by atoms with Gasteiger partial charge in [-0.3, -0.25) is 0 Å². The Morgan fingerprint density at radius 2 is 0.838 bits per heavy atom. The highest BCUT2D eigenvalue weighted by atomic mass is 19.1. The highest BCUT2D eigenvalue weighted by Crippen LogP contribution is 2.57. The van der Waals surface area contributed by atoms with Crippen LogP contribution >= 0.6 is 0 Å². The molecule has 0 saturated carbocycles. The summed E-state index contributed by atoms with van der Waals surface area (Å²) in [6.45, 7) is 4.68. The maximum atomic E-state index is 15.7. The normalized spacial score (nSPS) is 14.1. The van der Waals surface area contributed by atoms with Crippen LogP contribution in [0.5, 0.6) is 0 Å². The Balaban J connectivity index is 1.03. The molecule has 0 amide bonds. The predicted octanol–water partition coefficient (Wildman–Crippen LogP) is 17.0. The lowest BCUT2D eigenvalue weighted by Gasteiger charge is -2.34. The Labute approximate surface area is 397 Å². The molecule has 1 atom stereocenters. The lowest BCUT2D eigenvalue weighted by Crippen LogP contribution is -2.29. The van der Waals surface area contributed by atoms with Gasteiger partial charge in [-0.05, 0) is 142 Å². The molecule has 2 aliphatic rings. The van der Waals surface area contributed by atoms with Crippen LogP contribution in [0.15, 0.2) is 237 Å². The van der Waals surface area contributed by atoms with E-state index in [2.05, 4.69) is 196 Å². The summed E-state index contributed by atoms with van der Waals surface area (Å²) in [6, 6.07) is 81.9. The molecule has 2 heteroatoms. The van der Waals surface area contributed by atoms with Gasteiger partial charge in [-0.2, -0.15) is 0 Å². The Bertz CT molecular complexity index is 3470. The molecule has 326 valence electrons. The van der Waals surface area contributed by atoms with Crippen LogP contribution < -0.4 is 0 Å². The quantitative estimate of drug-likeness (QED) is 0.136. The smallest absolute Gasteiger partial charge is 0.123 e. The van der Waals surface area contributed by atoms with E-state index < -0.39 is 5.41 Å². The minimum Gasteiger partial charge on any atom is -0.207 e. The third-order valence-electron chi connectivity index (χ3n) is 14.9. The van der Waals surface area contributed by atoms with E-state index in [1.165, 1.54) is 62.2 Å². The van der Waals surface area contributed by atoms with Crippen molar-refractivity contribution in [3.63, 3.8) is 0 Å². The fourth-order valence-corrected chi connectivity index (χ4v) is 11.5. The zero-order chi connectivity index (χ0) is 46.0. The van der Waals surface area contributed by atoms with E-state index in [-0.39, 0.29) is 23.0 Å². The number of benzene rings is 10. The van der Waals surface area contributed by atoms with E-state index >= 15 is 8.78 Å². The third-order valence-corrected chi connectivity index (χ3v) is 14.9. The maximum Gasteiger partial charge on any atom is 0.123 e. The van der Waals surface area contributed by atoms with Crippen LogP contribution in [0.3, 0.4) is 0 Å². The lowest BCUT2D eigenvalue weighted by molar-refractivity contribution is 0.613. The van der Waals surface area contributed by atoms with Crippen molar-refractivity contribution in [1.29, 1.82) is 0 Å². The molecule has 10 aromatic carbocycles. The minimum atomic E-state index is -1.00. The number of hydrogen-bond donors (Lipinski definition) is 0. The summed E-state index contributed by atoms with van der Waals surface area (Å²) in [5.41, 5.74) is 20.3. The standard InChI is InChI=1S/C66H48F2/c1-65(2)61-22-10-9-21-56(61)57-35-32-51(40-63(57)65)59(49-30-28-47(29-31-49)45-15-7-4-8-16-45)37-43-23-34-58-60-39-50(48-26-24-46(25-27-48)44-13-5-3-6-14-44)33-36-62(60)66(64(58)38-43,52-17-11-19-54(67)41-52)53-18-12-20-55(68)42-53/h3-36,38-42,59H,37H2,1-2H3. The van der Waals surface area contributed by atoms with Crippen LogP contribution in [0.1, 0.15) is 69.8 Å². The van der Waals surface area contributed by atoms with Crippen molar-refractivity contribution in [3.05, 3.63) is 298 Å². The van der Waals surface area contributed by atoms with Gasteiger partial charge in [0.05, 0.1) is 5.41 Å². The van der Waals surface area contributed by atoms with Crippen molar-refractivity contribution < 1.29 is 8.78 Å². The van der Waals surface area contributed by atoms with E-state index in [1.54, 1.807) is 24.3 Å². The van der Waals surface area contributed by atoms with Crippen molar-refractivity contribution in [1.82, 2.24) is 0 Å². The molecule has 0 nitrogen and oxygen atoms in total. The fourth-order valence-electron chi connectivity index (χ4n) is 11.5. The van der Waals surface area contributed by atoms with Crippen molar-refractivity contribution in [3.8, 4) is 55.6 Å². The summed E-state index contributed by atoms with van der Waals surface area (Å²) in [7, 11) is 0. The summed E-state index contributed by atoms with van der Waals surface area (Å²) >= 11 is 0. The van der Waals surface area contributed by atoms with Gasteiger partial charge in [0.1, 0.15) is 11.6 Å². The Kier molecular flexibility index (Phi) is 10.0. The monoisotopic (exact) mass is 878 g/mol. The Hall–Kier alpha value is -7.94. The molecule has 0 fully saturated rings. The van der Waals surface area contributed by atoms with Crippen molar-refractivity contribution in [2.45, 2.75) is 37.0 Å². The summed E-state index contributed by atoms with van der Waals surface area (Å²) in [4.78, 5) is 0.